The Balaban J connectivity index is 2.43. The van der Waals surface area contributed by atoms with Gasteiger partial charge in [0.1, 0.15) is 0 Å². The van der Waals surface area contributed by atoms with Crippen molar-refractivity contribution < 1.29 is 9.53 Å². The molecule has 1 saturated heterocycles. The van der Waals surface area contributed by atoms with Crippen molar-refractivity contribution in [3.05, 3.63) is 0 Å². The van der Waals surface area contributed by atoms with Gasteiger partial charge in [0.2, 0.25) is 6.29 Å². The molecule has 1 rings (SSSR count). The number of rotatable bonds is 1. The maximum absolute atomic E-state index is 9.90. The Morgan fingerprint density at radius 1 is 1.71 bits per heavy atom. The second-order valence-electron chi connectivity index (χ2n) is 2.16. The van der Waals surface area contributed by atoms with E-state index in [-0.39, 0.29) is 5.41 Å². The van der Waals surface area contributed by atoms with Crippen LogP contribution in [0.5, 0.6) is 0 Å². The molecule has 0 saturated carbocycles. The van der Waals surface area contributed by atoms with E-state index in [2.05, 4.69) is 0 Å². The molecule has 0 aromatic carbocycles. The van der Waals surface area contributed by atoms with Crippen molar-refractivity contribution >= 4 is 6.29 Å². The summed E-state index contributed by atoms with van der Waals surface area (Å²) in [6.45, 7) is 2.94. The zero-order valence-electron chi connectivity index (χ0n) is 4.23. The van der Waals surface area contributed by atoms with E-state index >= 15 is 0 Å². The van der Waals surface area contributed by atoms with E-state index in [1.54, 1.807) is 0 Å². The van der Waals surface area contributed by atoms with Gasteiger partial charge in [0.15, 0.2) is 0 Å². The predicted octanol–water partition coefficient (Wildman–Crippen LogP) is 0.133. The number of hydrogen-bond donors (Lipinski definition) is 0. The van der Waals surface area contributed by atoms with E-state index in [9.17, 15) is 4.79 Å². The molecular weight excluding hydrogens is 92.1 g/mol. The number of ether oxygens (including phenoxy) is 1. The van der Waals surface area contributed by atoms with Gasteiger partial charge >= 0.3 is 0 Å². The lowest BCUT2D eigenvalue weighted by atomic mass is 9.91. The Labute approximate surface area is 42.5 Å². The van der Waals surface area contributed by atoms with E-state index < -0.39 is 0 Å². The first-order valence-electron chi connectivity index (χ1n) is 2.24. The maximum Gasteiger partial charge on any atom is 0.209 e. The van der Waals surface area contributed by atoms with Crippen LogP contribution in [0.2, 0.25) is 0 Å². The second kappa shape index (κ2) is 1.30. The van der Waals surface area contributed by atoms with E-state index in [0.29, 0.717) is 13.2 Å². The molecule has 0 aromatic heterocycles. The van der Waals surface area contributed by atoms with Crippen LogP contribution < -0.4 is 0 Å². The van der Waals surface area contributed by atoms with Gasteiger partial charge < -0.3 is 4.74 Å². The highest BCUT2D eigenvalue weighted by Crippen LogP contribution is 2.22. The van der Waals surface area contributed by atoms with Crippen molar-refractivity contribution in [2.24, 2.45) is 5.41 Å². The van der Waals surface area contributed by atoms with Gasteiger partial charge in [-0.05, 0) is 6.92 Å². The van der Waals surface area contributed by atoms with Crippen LogP contribution in [0.15, 0.2) is 0 Å². The molecule has 1 heterocycles. The molecule has 1 radical (unpaired) electrons. The Kier molecular flexibility index (Phi) is 0.889. The van der Waals surface area contributed by atoms with Crippen LogP contribution in [0, 0.1) is 5.41 Å². The van der Waals surface area contributed by atoms with Crippen LogP contribution in [0.4, 0.5) is 0 Å². The van der Waals surface area contributed by atoms with Gasteiger partial charge in [-0.15, -0.1) is 0 Å². The Bertz CT molecular complexity index is 84.1. The van der Waals surface area contributed by atoms with Gasteiger partial charge in [-0.2, -0.15) is 0 Å². The summed E-state index contributed by atoms with van der Waals surface area (Å²) in [6.07, 6.45) is 1.90. The average molecular weight is 99.1 g/mol. The molecule has 39 valence electrons. The fourth-order valence-corrected chi connectivity index (χ4v) is 0.467. The van der Waals surface area contributed by atoms with E-state index in [1.165, 1.54) is 0 Å². The summed E-state index contributed by atoms with van der Waals surface area (Å²) in [7, 11) is 0. The smallest absolute Gasteiger partial charge is 0.209 e. The largest absolute Gasteiger partial charge is 0.379 e. The minimum atomic E-state index is -0.264. The van der Waals surface area contributed by atoms with Crippen molar-refractivity contribution in [3.63, 3.8) is 0 Å². The molecule has 1 aliphatic rings. The summed E-state index contributed by atoms with van der Waals surface area (Å²) in [4.78, 5) is 9.90. The second-order valence-corrected chi connectivity index (χ2v) is 2.16. The lowest BCUT2D eigenvalue weighted by molar-refractivity contribution is -0.0591. The average Bonchev–Trinajstić information content (AvgIpc) is 1.61. The zero-order valence-corrected chi connectivity index (χ0v) is 4.23. The molecular formula is C5H7O2. The third-order valence-electron chi connectivity index (χ3n) is 1.09. The van der Waals surface area contributed by atoms with Crippen molar-refractivity contribution in [3.8, 4) is 0 Å². The van der Waals surface area contributed by atoms with Crippen LogP contribution >= 0.6 is 0 Å². The monoisotopic (exact) mass is 99.0 g/mol. The maximum atomic E-state index is 9.90. The highest BCUT2D eigenvalue weighted by molar-refractivity contribution is 5.61. The van der Waals surface area contributed by atoms with Crippen molar-refractivity contribution in [2.75, 3.05) is 13.2 Å². The highest BCUT2D eigenvalue weighted by Gasteiger charge is 2.33. The standard InChI is InChI=1S/C5H7O2/c1-5(2-6)3-7-4-5/h3-4H2,1H3. The third kappa shape index (κ3) is 0.657. The van der Waals surface area contributed by atoms with Gasteiger partial charge in [-0.25, -0.2) is 0 Å². The SMILES string of the molecule is CC1([C]=O)COC1. The summed E-state index contributed by atoms with van der Waals surface area (Å²) in [6, 6.07) is 0. The van der Waals surface area contributed by atoms with Crippen LogP contribution in [0.25, 0.3) is 0 Å². The van der Waals surface area contributed by atoms with E-state index in [0.717, 1.165) is 0 Å². The normalized spacial score (nSPS) is 25.9. The van der Waals surface area contributed by atoms with Crippen LogP contribution in [-0.4, -0.2) is 19.5 Å². The van der Waals surface area contributed by atoms with Crippen molar-refractivity contribution in [2.45, 2.75) is 6.92 Å². The molecule has 0 aromatic rings. The zero-order chi connectivity index (χ0) is 5.33. The summed E-state index contributed by atoms with van der Waals surface area (Å²) in [5.74, 6) is 0. The van der Waals surface area contributed by atoms with E-state index in [4.69, 9.17) is 4.74 Å². The highest BCUT2D eigenvalue weighted by atomic mass is 16.5. The quantitative estimate of drug-likeness (QED) is 0.467. The lowest BCUT2D eigenvalue weighted by Gasteiger charge is -2.31. The van der Waals surface area contributed by atoms with Gasteiger partial charge in [0.25, 0.3) is 0 Å². The molecule has 2 nitrogen and oxygen atoms in total. The lowest BCUT2D eigenvalue weighted by Crippen LogP contribution is -2.40. The van der Waals surface area contributed by atoms with Gasteiger partial charge in [0.05, 0.1) is 18.6 Å². The predicted molar refractivity (Wildman–Crippen MR) is 24.6 cm³/mol. The summed E-state index contributed by atoms with van der Waals surface area (Å²) >= 11 is 0. The first-order chi connectivity index (χ1) is 3.27. The molecule has 1 fully saturated rings. The van der Waals surface area contributed by atoms with Gasteiger partial charge in [-0.1, -0.05) is 0 Å². The molecule has 0 aliphatic carbocycles. The first kappa shape index (κ1) is 4.78. The molecule has 1 aliphatic heterocycles. The molecule has 7 heavy (non-hydrogen) atoms. The molecule has 0 N–H and O–H groups in total. The molecule has 0 spiro atoms. The van der Waals surface area contributed by atoms with Crippen LogP contribution in [0.3, 0.4) is 0 Å². The molecule has 0 bridgehead atoms. The van der Waals surface area contributed by atoms with Crippen LogP contribution in [-0.2, 0) is 9.53 Å². The van der Waals surface area contributed by atoms with Gasteiger partial charge in [-0.3, -0.25) is 4.79 Å². The Morgan fingerprint density at radius 3 is 2.29 bits per heavy atom. The topological polar surface area (TPSA) is 26.3 Å². The number of carbonyl (C=O) groups excluding carboxylic acids is 1. The van der Waals surface area contributed by atoms with Crippen molar-refractivity contribution in [1.82, 2.24) is 0 Å². The van der Waals surface area contributed by atoms with Crippen molar-refractivity contribution in [1.29, 1.82) is 0 Å². The number of hydrogen-bond acceptors (Lipinski definition) is 2. The minimum absolute atomic E-state index is 0.264. The van der Waals surface area contributed by atoms with Gasteiger partial charge in [0, 0.05) is 0 Å². The first-order valence-corrected chi connectivity index (χ1v) is 2.24. The van der Waals surface area contributed by atoms with E-state index in [1.807, 2.05) is 13.2 Å². The Morgan fingerprint density at radius 2 is 2.29 bits per heavy atom. The fraction of sp³-hybridized carbons (Fsp3) is 0.800. The summed E-state index contributed by atoms with van der Waals surface area (Å²) in [5, 5.41) is 0. The fourth-order valence-electron chi connectivity index (χ4n) is 0.467. The van der Waals surface area contributed by atoms with Crippen LogP contribution in [0.1, 0.15) is 6.92 Å². The molecule has 0 unspecified atom stereocenters. The minimum Gasteiger partial charge on any atom is -0.379 e. The Hall–Kier alpha value is -0.370. The summed E-state index contributed by atoms with van der Waals surface area (Å²) < 4.78 is 4.77. The summed E-state index contributed by atoms with van der Waals surface area (Å²) in [5.41, 5.74) is -0.264. The molecule has 2 heteroatoms. The third-order valence-corrected chi connectivity index (χ3v) is 1.09. The molecule has 0 amide bonds. The molecule has 0 atom stereocenters.